The summed E-state index contributed by atoms with van der Waals surface area (Å²) in [7, 11) is -3.10. The van der Waals surface area contributed by atoms with E-state index in [1.165, 1.54) is 11.8 Å². The van der Waals surface area contributed by atoms with Crippen molar-refractivity contribution >= 4 is 21.7 Å². The molecule has 1 amide bonds. The SMILES string of the molecule is CCN(C(=O)C(C)OC(=O)COc1cc(C)cc(C)c1)C1CCS(=O)(=O)C1. The zero-order valence-electron chi connectivity index (χ0n) is 16.2. The first kappa shape index (κ1) is 21.2. The van der Waals surface area contributed by atoms with Gasteiger partial charge < -0.3 is 14.4 Å². The molecule has 0 aliphatic carbocycles. The molecule has 1 aliphatic heterocycles. The summed E-state index contributed by atoms with van der Waals surface area (Å²) in [6.07, 6.45) is -0.582. The molecule has 1 aromatic carbocycles. The molecular weight excluding hydrogens is 370 g/mol. The fourth-order valence-corrected chi connectivity index (χ4v) is 5.02. The maximum Gasteiger partial charge on any atom is 0.344 e. The van der Waals surface area contributed by atoms with E-state index >= 15 is 0 Å². The van der Waals surface area contributed by atoms with Gasteiger partial charge in [-0.1, -0.05) is 6.07 Å². The predicted molar refractivity (Wildman–Crippen MR) is 101 cm³/mol. The van der Waals surface area contributed by atoms with Gasteiger partial charge >= 0.3 is 5.97 Å². The zero-order valence-corrected chi connectivity index (χ0v) is 17.0. The molecule has 150 valence electrons. The van der Waals surface area contributed by atoms with Crippen LogP contribution in [0.25, 0.3) is 0 Å². The number of amides is 1. The van der Waals surface area contributed by atoms with E-state index in [0.717, 1.165) is 11.1 Å². The van der Waals surface area contributed by atoms with Crippen molar-refractivity contribution in [2.75, 3.05) is 24.7 Å². The van der Waals surface area contributed by atoms with Crippen LogP contribution in [0, 0.1) is 13.8 Å². The van der Waals surface area contributed by atoms with Crippen molar-refractivity contribution in [2.24, 2.45) is 0 Å². The molecule has 8 heteroatoms. The highest BCUT2D eigenvalue weighted by molar-refractivity contribution is 7.91. The molecular formula is C19H27NO6S. The maximum absolute atomic E-state index is 12.6. The number of hydrogen-bond acceptors (Lipinski definition) is 6. The van der Waals surface area contributed by atoms with Gasteiger partial charge in [-0.15, -0.1) is 0 Å². The zero-order chi connectivity index (χ0) is 20.2. The van der Waals surface area contributed by atoms with Crippen molar-refractivity contribution in [3.8, 4) is 5.75 Å². The number of nitrogens with zero attached hydrogens (tertiary/aromatic N) is 1. The summed E-state index contributed by atoms with van der Waals surface area (Å²) in [6, 6.07) is 5.26. The number of rotatable bonds is 7. The Kier molecular flexibility index (Phi) is 6.86. The fraction of sp³-hybridized carbons (Fsp3) is 0.579. The minimum atomic E-state index is -3.10. The number of hydrogen-bond donors (Lipinski definition) is 0. The lowest BCUT2D eigenvalue weighted by Crippen LogP contribution is -2.46. The van der Waals surface area contributed by atoms with E-state index in [0.29, 0.717) is 18.7 Å². The molecule has 0 radical (unpaired) electrons. The normalized spacial score (nSPS) is 19.3. The summed E-state index contributed by atoms with van der Waals surface area (Å²) < 4.78 is 33.9. The molecule has 1 aliphatic rings. The molecule has 27 heavy (non-hydrogen) atoms. The van der Waals surface area contributed by atoms with Gasteiger partial charge in [-0.2, -0.15) is 0 Å². The van der Waals surface area contributed by atoms with Crippen molar-refractivity contribution in [1.82, 2.24) is 4.90 Å². The van der Waals surface area contributed by atoms with Gasteiger partial charge in [0.05, 0.1) is 11.5 Å². The van der Waals surface area contributed by atoms with Crippen LogP contribution < -0.4 is 4.74 Å². The molecule has 2 rings (SSSR count). The highest BCUT2D eigenvalue weighted by Crippen LogP contribution is 2.19. The van der Waals surface area contributed by atoms with Gasteiger partial charge in [0.1, 0.15) is 5.75 Å². The number of carbonyl (C=O) groups excluding carboxylic acids is 2. The van der Waals surface area contributed by atoms with Crippen LogP contribution in [0.1, 0.15) is 31.4 Å². The van der Waals surface area contributed by atoms with E-state index in [2.05, 4.69) is 0 Å². The number of esters is 1. The summed E-state index contributed by atoms with van der Waals surface area (Å²) in [5.41, 5.74) is 2.04. The highest BCUT2D eigenvalue weighted by Gasteiger charge is 2.36. The van der Waals surface area contributed by atoms with Crippen molar-refractivity contribution in [3.05, 3.63) is 29.3 Å². The minimum absolute atomic E-state index is 0.0386. The first-order valence-corrected chi connectivity index (χ1v) is 10.8. The smallest absolute Gasteiger partial charge is 0.344 e. The summed E-state index contributed by atoms with van der Waals surface area (Å²) in [5.74, 6) is -0.429. The van der Waals surface area contributed by atoms with Crippen LogP contribution in [-0.4, -0.2) is 62.0 Å². The van der Waals surface area contributed by atoms with Gasteiger partial charge in [0, 0.05) is 12.6 Å². The first-order chi connectivity index (χ1) is 12.6. The molecule has 1 fully saturated rings. The third kappa shape index (κ3) is 5.95. The van der Waals surface area contributed by atoms with Crippen molar-refractivity contribution in [3.63, 3.8) is 0 Å². The Balaban J connectivity index is 1.89. The number of benzene rings is 1. The van der Waals surface area contributed by atoms with Gasteiger partial charge in [0.25, 0.3) is 5.91 Å². The third-order valence-electron chi connectivity index (χ3n) is 4.48. The van der Waals surface area contributed by atoms with Gasteiger partial charge in [0.2, 0.25) is 0 Å². The van der Waals surface area contributed by atoms with Crippen LogP contribution >= 0.6 is 0 Å². The average Bonchev–Trinajstić information content (AvgIpc) is 2.92. The standard InChI is InChI=1S/C19H27NO6S/c1-5-20(16-6-7-27(23,24)12-16)19(22)15(4)26-18(21)11-25-17-9-13(2)8-14(3)10-17/h8-10,15-16H,5-7,11-12H2,1-4H3. The minimum Gasteiger partial charge on any atom is -0.482 e. The second-order valence-corrected chi connectivity index (χ2v) is 9.15. The molecule has 0 aromatic heterocycles. The topological polar surface area (TPSA) is 90.0 Å². The van der Waals surface area contributed by atoms with Gasteiger partial charge in [0.15, 0.2) is 22.5 Å². The quantitative estimate of drug-likeness (QED) is 0.650. The molecule has 1 saturated heterocycles. The molecule has 1 aromatic rings. The van der Waals surface area contributed by atoms with E-state index < -0.39 is 21.9 Å². The lowest BCUT2D eigenvalue weighted by molar-refractivity contribution is -0.161. The van der Waals surface area contributed by atoms with Crippen LogP contribution in [0.2, 0.25) is 0 Å². The van der Waals surface area contributed by atoms with E-state index in [4.69, 9.17) is 9.47 Å². The molecule has 1 heterocycles. The van der Waals surface area contributed by atoms with Crippen molar-refractivity contribution in [2.45, 2.75) is 46.3 Å². The first-order valence-electron chi connectivity index (χ1n) is 9.02. The number of likely N-dealkylation sites (N-methyl/N-ethyl adjacent to an activating group) is 1. The van der Waals surface area contributed by atoms with Gasteiger partial charge in [-0.3, -0.25) is 4.79 Å². The molecule has 2 atom stereocenters. The lowest BCUT2D eigenvalue weighted by Gasteiger charge is -2.29. The van der Waals surface area contributed by atoms with E-state index in [1.807, 2.05) is 32.0 Å². The second kappa shape index (κ2) is 8.73. The molecule has 0 bridgehead atoms. The Morgan fingerprint density at radius 1 is 1.22 bits per heavy atom. The van der Waals surface area contributed by atoms with E-state index in [9.17, 15) is 18.0 Å². The largest absolute Gasteiger partial charge is 0.482 e. The fourth-order valence-electron chi connectivity index (χ4n) is 3.29. The van der Waals surface area contributed by atoms with Crippen LogP contribution in [0.4, 0.5) is 0 Å². The Labute approximate surface area is 160 Å². The Morgan fingerprint density at radius 2 is 1.85 bits per heavy atom. The highest BCUT2D eigenvalue weighted by atomic mass is 32.2. The molecule has 0 saturated carbocycles. The predicted octanol–water partition coefficient (Wildman–Crippen LogP) is 1.65. The molecule has 2 unspecified atom stereocenters. The van der Waals surface area contributed by atoms with Crippen LogP contribution in [0.5, 0.6) is 5.75 Å². The monoisotopic (exact) mass is 397 g/mol. The maximum atomic E-state index is 12.6. The molecule has 0 N–H and O–H groups in total. The van der Waals surface area contributed by atoms with E-state index in [-0.39, 0.29) is 30.1 Å². The number of ether oxygens (including phenoxy) is 2. The molecule has 7 nitrogen and oxygen atoms in total. The number of carbonyl (C=O) groups is 2. The lowest BCUT2D eigenvalue weighted by atomic mass is 10.1. The summed E-state index contributed by atoms with van der Waals surface area (Å²) in [4.78, 5) is 26.1. The third-order valence-corrected chi connectivity index (χ3v) is 6.23. The Morgan fingerprint density at radius 3 is 2.37 bits per heavy atom. The van der Waals surface area contributed by atoms with Crippen LogP contribution in [0.3, 0.4) is 0 Å². The Bertz CT molecular complexity index is 784. The number of sulfone groups is 1. The van der Waals surface area contributed by atoms with Crippen LogP contribution in [0.15, 0.2) is 18.2 Å². The summed E-state index contributed by atoms with van der Waals surface area (Å²) >= 11 is 0. The summed E-state index contributed by atoms with van der Waals surface area (Å²) in [6.45, 7) is 7.19. The van der Waals surface area contributed by atoms with Gasteiger partial charge in [-0.05, 0) is 57.4 Å². The number of aryl methyl sites for hydroxylation is 2. The molecule has 0 spiro atoms. The van der Waals surface area contributed by atoms with Crippen LogP contribution in [-0.2, 0) is 24.2 Å². The average molecular weight is 397 g/mol. The van der Waals surface area contributed by atoms with Crippen molar-refractivity contribution in [1.29, 1.82) is 0 Å². The van der Waals surface area contributed by atoms with Crippen molar-refractivity contribution < 1.29 is 27.5 Å². The van der Waals surface area contributed by atoms with E-state index in [1.54, 1.807) is 6.92 Å². The van der Waals surface area contributed by atoms with Gasteiger partial charge in [-0.25, -0.2) is 13.2 Å². The Hall–Kier alpha value is -2.09. The second-order valence-electron chi connectivity index (χ2n) is 6.93. The summed E-state index contributed by atoms with van der Waals surface area (Å²) in [5, 5.41) is 0.